The van der Waals surface area contributed by atoms with Gasteiger partial charge in [0.15, 0.2) is 5.96 Å². The van der Waals surface area contributed by atoms with Crippen LogP contribution in [0, 0.1) is 0 Å². The number of aliphatic imine (C=N–C) groups is 1. The Morgan fingerprint density at radius 1 is 1.18 bits per heavy atom. The second kappa shape index (κ2) is 11.1. The van der Waals surface area contributed by atoms with E-state index in [0.717, 1.165) is 51.6 Å². The zero-order valence-electron chi connectivity index (χ0n) is 17.5. The fourth-order valence-corrected chi connectivity index (χ4v) is 4.88. The van der Waals surface area contributed by atoms with Crippen LogP contribution in [0.15, 0.2) is 35.3 Å². The SMILES string of the molecule is CCNC(=NCC1(SC)CCOCC1)NCC(c1ccccc1)N1CCCC1. The first-order chi connectivity index (χ1) is 13.8. The molecular weight excluding hydrogens is 368 g/mol. The van der Waals surface area contributed by atoms with Crippen molar-refractivity contribution in [2.24, 2.45) is 4.99 Å². The van der Waals surface area contributed by atoms with Crippen molar-refractivity contribution in [3.63, 3.8) is 0 Å². The van der Waals surface area contributed by atoms with Crippen molar-refractivity contribution in [2.75, 3.05) is 52.2 Å². The minimum atomic E-state index is 0.217. The van der Waals surface area contributed by atoms with Gasteiger partial charge in [0.2, 0.25) is 0 Å². The summed E-state index contributed by atoms with van der Waals surface area (Å²) in [6.07, 6.45) is 6.97. The molecule has 0 bridgehead atoms. The number of nitrogens with one attached hydrogen (secondary N) is 2. The molecule has 2 N–H and O–H groups in total. The van der Waals surface area contributed by atoms with Crippen molar-refractivity contribution in [3.8, 4) is 0 Å². The maximum absolute atomic E-state index is 5.57. The average molecular weight is 405 g/mol. The Morgan fingerprint density at radius 3 is 2.54 bits per heavy atom. The van der Waals surface area contributed by atoms with Gasteiger partial charge in [-0.1, -0.05) is 30.3 Å². The predicted octanol–water partition coefficient (Wildman–Crippen LogP) is 3.29. The van der Waals surface area contributed by atoms with Crippen molar-refractivity contribution in [1.82, 2.24) is 15.5 Å². The first kappa shape index (κ1) is 21.5. The number of ether oxygens (including phenoxy) is 1. The van der Waals surface area contributed by atoms with Crippen LogP contribution in [0.1, 0.15) is 44.2 Å². The topological polar surface area (TPSA) is 48.9 Å². The molecule has 1 atom stereocenters. The Kier molecular flexibility index (Phi) is 8.49. The molecule has 0 aliphatic carbocycles. The highest BCUT2D eigenvalue weighted by Gasteiger charge is 2.31. The number of likely N-dealkylation sites (tertiary alicyclic amines) is 1. The molecular formula is C22H36N4OS. The number of hydrogen-bond donors (Lipinski definition) is 2. The third-order valence-corrected chi connectivity index (χ3v) is 7.34. The van der Waals surface area contributed by atoms with Crippen LogP contribution in [-0.4, -0.2) is 67.8 Å². The number of benzene rings is 1. The molecule has 6 heteroatoms. The minimum absolute atomic E-state index is 0.217. The summed E-state index contributed by atoms with van der Waals surface area (Å²) in [5.74, 6) is 0.933. The summed E-state index contributed by atoms with van der Waals surface area (Å²) in [7, 11) is 0. The maximum Gasteiger partial charge on any atom is 0.191 e. The van der Waals surface area contributed by atoms with Gasteiger partial charge in [-0.2, -0.15) is 11.8 Å². The van der Waals surface area contributed by atoms with E-state index in [1.54, 1.807) is 0 Å². The molecule has 0 aromatic heterocycles. The number of thioether (sulfide) groups is 1. The summed E-state index contributed by atoms with van der Waals surface area (Å²) in [5.41, 5.74) is 1.39. The van der Waals surface area contributed by atoms with Crippen molar-refractivity contribution in [1.29, 1.82) is 0 Å². The van der Waals surface area contributed by atoms with E-state index in [0.29, 0.717) is 6.04 Å². The maximum atomic E-state index is 5.57. The summed E-state index contributed by atoms with van der Waals surface area (Å²) in [6.45, 7) is 8.80. The highest BCUT2D eigenvalue weighted by molar-refractivity contribution is 8.00. The summed E-state index contributed by atoms with van der Waals surface area (Å²) in [6, 6.07) is 11.3. The van der Waals surface area contributed by atoms with E-state index in [2.05, 4.69) is 59.0 Å². The van der Waals surface area contributed by atoms with Gasteiger partial charge in [-0.25, -0.2) is 0 Å². The molecule has 156 valence electrons. The summed E-state index contributed by atoms with van der Waals surface area (Å²) < 4.78 is 5.78. The summed E-state index contributed by atoms with van der Waals surface area (Å²) in [5, 5.41) is 7.07. The molecule has 2 aliphatic heterocycles. The van der Waals surface area contributed by atoms with Gasteiger partial charge in [-0.15, -0.1) is 0 Å². The van der Waals surface area contributed by atoms with Crippen molar-refractivity contribution >= 4 is 17.7 Å². The molecule has 0 amide bonds. The molecule has 0 spiro atoms. The van der Waals surface area contributed by atoms with Gasteiger partial charge in [0.1, 0.15) is 0 Å². The van der Waals surface area contributed by atoms with Crippen molar-refractivity contribution in [2.45, 2.75) is 43.4 Å². The standard InChI is InChI=1S/C22H36N4OS/c1-3-23-21(25-18-22(28-2)11-15-27-16-12-22)24-17-20(26-13-7-8-14-26)19-9-5-4-6-10-19/h4-6,9-10,20H,3,7-8,11-18H2,1-2H3,(H2,23,24,25). The number of hydrogen-bond acceptors (Lipinski definition) is 4. The third-order valence-electron chi connectivity index (χ3n) is 5.94. The molecule has 1 aromatic carbocycles. The molecule has 28 heavy (non-hydrogen) atoms. The largest absolute Gasteiger partial charge is 0.381 e. The number of nitrogens with zero attached hydrogens (tertiary/aromatic N) is 2. The van der Waals surface area contributed by atoms with E-state index in [4.69, 9.17) is 9.73 Å². The van der Waals surface area contributed by atoms with Gasteiger partial charge in [-0.3, -0.25) is 9.89 Å². The number of guanidine groups is 1. The Bertz CT molecular complexity index is 598. The van der Waals surface area contributed by atoms with E-state index in [9.17, 15) is 0 Å². The normalized spacial score (nSPS) is 21.4. The van der Waals surface area contributed by atoms with Crippen LogP contribution in [0.4, 0.5) is 0 Å². The van der Waals surface area contributed by atoms with Gasteiger partial charge in [-0.05, 0) is 57.5 Å². The van der Waals surface area contributed by atoms with Crippen molar-refractivity contribution < 1.29 is 4.74 Å². The highest BCUT2D eigenvalue weighted by Crippen LogP contribution is 2.34. The second-order valence-electron chi connectivity index (χ2n) is 7.75. The van der Waals surface area contributed by atoms with Crippen molar-refractivity contribution in [3.05, 3.63) is 35.9 Å². The third kappa shape index (κ3) is 5.88. The minimum Gasteiger partial charge on any atom is -0.381 e. The molecule has 2 fully saturated rings. The molecule has 0 radical (unpaired) electrons. The van der Waals surface area contributed by atoms with Gasteiger partial charge in [0.05, 0.1) is 12.6 Å². The summed E-state index contributed by atoms with van der Waals surface area (Å²) in [4.78, 5) is 7.58. The van der Waals surface area contributed by atoms with Crippen LogP contribution in [-0.2, 0) is 4.74 Å². The molecule has 2 heterocycles. The lowest BCUT2D eigenvalue weighted by molar-refractivity contribution is 0.0794. The molecule has 1 unspecified atom stereocenters. The quantitative estimate of drug-likeness (QED) is 0.514. The van der Waals surface area contributed by atoms with Crippen LogP contribution in [0.5, 0.6) is 0 Å². The Morgan fingerprint density at radius 2 is 1.89 bits per heavy atom. The van der Waals surface area contributed by atoms with Crippen LogP contribution >= 0.6 is 11.8 Å². The van der Waals surface area contributed by atoms with E-state index in [1.807, 2.05) is 11.8 Å². The van der Waals surface area contributed by atoms with E-state index < -0.39 is 0 Å². The lowest BCUT2D eigenvalue weighted by Gasteiger charge is -2.34. The zero-order chi connectivity index (χ0) is 19.7. The average Bonchev–Trinajstić information content (AvgIpc) is 3.28. The van der Waals surface area contributed by atoms with Crippen LogP contribution in [0.25, 0.3) is 0 Å². The molecule has 0 saturated carbocycles. The van der Waals surface area contributed by atoms with Crippen LogP contribution in [0.3, 0.4) is 0 Å². The van der Waals surface area contributed by atoms with Gasteiger partial charge in [0.25, 0.3) is 0 Å². The second-order valence-corrected chi connectivity index (χ2v) is 9.02. The first-order valence-electron chi connectivity index (χ1n) is 10.7. The van der Waals surface area contributed by atoms with Gasteiger partial charge < -0.3 is 15.4 Å². The van der Waals surface area contributed by atoms with Gasteiger partial charge >= 0.3 is 0 Å². The van der Waals surface area contributed by atoms with Crippen LogP contribution < -0.4 is 10.6 Å². The molecule has 2 aliphatic rings. The molecule has 2 saturated heterocycles. The molecule has 1 aromatic rings. The predicted molar refractivity (Wildman–Crippen MR) is 120 cm³/mol. The zero-order valence-corrected chi connectivity index (χ0v) is 18.3. The lowest BCUT2D eigenvalue weighted by atomic mass is 9.99. The Labute approximate surface area is 174 Å². The first-order valence-corrected chi connectivity index (χ1v) is 11.9. The monoisotopic (exact) mass is 404 g/mol. The van der Waals surface area contributed by atoms with Crippen LogP contribution in [0.2, 0.25) is 0 Å². The molecule has 3 rings (SSSR count). The fraction of sp³-hybridized carbons (Fsp3) is 0.682. The fourth-order valence-electron chi connectivity index (χ4n) is 4.11. The van der Waals surface area contributed by atoms with Gasteiger partial charge in [0, 0.05) is 31.1 Å². The lowest BCUT2D eigenvalue weighted by Crippen LogP contribution is -2.44. The smallest absolute Gasteiger partial charge is 0.191 e. The summed E-state index contributed by atoms with van der Waals surface area (Å²) >= 11 is 1.94. The molecule has 5 nitrogen and oxygen atoms in total. The number of rotatable bonds is 8. The Hall–Kier alpha value is -1.24. The van der Waals surface area contributed by atoms with E-state index in [1.165, 1.54) is 31.5 Å². The highest BCUT2D eigenvalue weighted by atomic mass is 32.2. The van der Waals surface area contributed by atoms with E-state index >= 15 is 0 Å². The van der Waals surface area contributed by atoms with E-state index in [-0.39, 0.29) is 4.75 Å². The Balaban J connectivity index is 1.66.